The Labute approximate surface area is 157 Å². The molecule has 0 spiro atoms. The SMILES string of the molecule is O=C(CCN1C(=O)COc2ccccc21)NCC(C(=O)O)C1CCOCC1. The van der Waals surface area contributed by atoms with Crippen molar-refractivity contribution >= 4 is 23.5 Å². The molecule has 1 fully saturated rings. The number of carbonyl (C=O) groups is 3. The number of hydrogen-bond acceptors (Lipinski definition) is 5. The maximum atomic E-state index is 12.2. The predicted molar refractivity (Wildman–Crippen MR) is 96.6 cm³/mol. The first-order valence-electron chi connectivity index (χ1n) is 9.15. The summed E-state index contributed by atoms with van der Waals surface area (Å²) >= 11 is 0. The molecule has 0 aliphatic carbocycles. The van der Waals surface area contributed by atoms with Crippen molar-refractivity contribution in [3.63, 3.8) is 0 Å². The molecule has 8 nitrogen and oxygen atoms in total. The lowest BCUT2D eigenvalue weighted by atomic mass is 9.86. The number of anilines is 1. The maximum Gasteiger partial charge on any atom is 0.308 e. The molecule has 0 aromatic heterocycles. The number of para-hydroxylation sites is 2. The highest BCUT2D eigenvalue weighted by molar-refractivity contribution is 5.98. The molecule has 1 aromatic carbocycles. The van der Waals surface area contributed by atoms with Crippen molar-refractivity contribution < 1.29 is 29.0 Å². The zero-order valence-electron chi connectivity index (χ0n) is 15.1. The molecule has 2 aliphatic heterocycles. The molecule has 0 bridgehead atoms. The van der Waals surface area contributed by atoms with Gasteiger partial charge >= 0.3 is 5.97 Å². The van der Waals surface area contributed by atoms with Crippen molar-refractivity contribution in [1.82, 2.24) is 5.32 Å². The van der Waals surface area contributed by atoms with E-state index in [0.29, 0.717) is 37.5 Å². The van der Waals surface area contributed by atoms with Gasteiger partial charge in [0, 0.05) is 32.7 Å². The molecule has 2 amide bonds. The van der Waals surface area contributed by atoms with E-state index in [4.69, 9.17) is 9.47 Å². The van der Waals surface area contributed by atoms with Crippen molar-refractivity contribution in [3.8, 4) is 5.75 Å². The molecule has 8 heteroatoms. The number of carboxylic acid groups (broad SMARTS) is 1. The largest absolute Gasteiger partial charge is 0.482 e. The molecule has 3 rings (SSSR count). The minimum absolute atomic E-state index is 0.00393. The predicted octanol–water partition coefficient (Wildman–Crippen LogP) is 1.05. The van der Waals surface area contributed by atoms with Crippen LogP contribution in [0.5, 0.6) is 5.75 Å². The van der Waals surface area contributed by atoms with Crippen LogP contribution in [0.1, 0.15) is 19.3 Å². The number of nitrogens with zero attached hydrogens (tertiary/aromatic N) is 1. The molecular weight excluding hydrogens is 352 g/mol. The summed E-state index contributed by atoms with van der Waals surface area (Å²) in [5.41, 5.74) is 0.646. The van der Waals surface area contributed by atoms with Crippen molar-refractivity contribution in [2.24, 2.45) is 11.8 Å². The Balaban J connectivity index is 1.52. The molecule has 0 radical (unpaired) electrons. The Bertz CT molecular complexity index is 701. The summed E-state index contributed by atoms with van der Waals surface area (Å²) in [7, 11) is 0. The summed E-state index contributed by atoms with van der Waals surface area (Å²) in [6.07, 6.45) is 1.47. The quantitative estimate of drug-likeness (QED) is 0.737. The number of carbonyl (C=O) groups excluding carboxylic acids is 2. The summed E-state index contributed by atoms with van der Waals surface area (Å²) < 4.78 is 10.6. The molecule has 0 saturated carbocycles. The van der Waals surface area contributed by atoms with E-state index in [2.05, 4.69) is 5.32 Å². The average molecular weight is 376 g/mol. The third kappa shape index (κ3) is 4.77. The van der Waals surface area contributed by atoms with Crippen LogP contribution in [0.25, 0.3) is 0 Å². The van der Waals surface area contributed by atoms with Gasteiger partial charge in [-0.2, -0.15) is 0 Å². The summed E-state index contributed by atoms with van der Waals surface area (Å²) in [4.78, 5) is 37.4. The molecule has 1 atom stereocenters. The second-order valence-electron chi connectivity index (χ2n) is 6.75. The van der Waals surface area contributed by atoms with E-state index in [9.17, 15) is 19.5 Å². The number of carboxylic acids is 1. The first kappa shape index (κ1) is 19.2. The zero-order chi connectivity index (χ0) is 19.2. The second kappa shape index (κ2) is 8.85. The summed E-state index contributed by atoms with van der Waals surface area (Å²) in [5.74, 6) is -1.38. The highest BCUT2D eigenvalue weighted by Crippen LogP contribution is 2.31. The van der Waals surface area contributed by atoms with Gasteiger partial charge in [0.05, 0.1) is 11.6 Å². The molecule has 27 heavy (non-hydrogen) atoms. The van der Waals surface area contributed by atoms with E-state index >= 15 is 0 Å². The third-order valence-corrected chi connectivity index (χ3v) is 5.04. The number of nitrogens with one attached hydrogen (secondary N) is 1. The molecule has 2 N–H and O–H groups in total. The fraction of sp³-hybridized carbons (Fsp3) is 0.526. The molecular formula is C19H24N2O6. The molecule has 1 unspecified atom stereocenters. The minimum Gasteiger partial charge on any atom is -0.482 e. The Morgan fingerprint density at radius 1 is 1.26 bits per heavy atom. The number of benzene rings is 1. The molecule has 146 valence electrons. The average Bonchev–Trinajstić information content (AvgIpc) is 2.68. The zero-order valence-corrected chi connectivity index (χ0v) is 15.1. The van der Waals surface area contributed by atoms with Gasteiger partial charge < -0.3 is 24.8 Å². The van der Waals surface area contributed by atoms with E-state index in [1.165, 1.54) is 4.90 Å². The lowest BCUT2D eigenvalue weighted by Crippen LogP contribution is -2.42. The van der Waals surface area contributed by atoms with Crippen LogP contribution in [0.3, 0.4) is 0 Å². The van der Waals surface area contributed by atoms with Crippen molar-refractivity contribution in [3.05, 3.63) is 24.3 Å². The molecule has 2 aliphatic rings. The second-order valence-corrected chi connectivity index (χ2v) is 6.75. The standard InChI is InChI=1S/C19H24N2O6/c22-17(20-11-14(19(24)25)13-6-9-26-10-7-13)5-8-21-15-3-1-2-4-16(15)27-12-18(21)23/h1-4,13-14H,5-12H2,(H,20,22)(H,24,25). The van der Waals surface area contributed by atoms with Crippen LogP contribution < -0.4 is 15.0 Å². The van der Waals surface area contributed by atoms with Crippen LogP contribution in [0.4, 0.5) is 5.69 Å². The molecule has 2 heterocycles. The Hall–Kier alpha value is -2.61. The number of rotatable bonds is 7. The summed E-state index contributed by atoms with van der Waals surface area (Å²) in [6.45, 7) is 1.37. The number of hydrogen-bond donors (Lipinski definition) is 2. The van der Waals surface area contributed by atoms with Crippen molar-refractivity contribution in [1.29, 1.82) is 0 Å². The smallest absolute Gasteiger partial charge is 0.308 e. The van der Waals surface area contributed by atoms with Crippen LogP contribution in [-0.2, 0) is 19.1 Å². The van der Waals surface area contributed by atoms with Gasteiger partial charge in [-0.1, -0.05) is 12.1 Å². The monoisotopic (exact) mass is 376 g/mol. The van der Waals surface area contributed by atoms with Gasteiger partial charge in [0.1, 0.15) is 5.75 Å². The summed E-state index contributed by atoms with van der Waals surface area (Å²) in [5, 5.41) is 12.2. The van der Waals surface area contributed by atoms with Gasteiger partial charge in [-0.05, 0) is 30.9 Å². The Morgan fingerprint density at radius 2 is 2.00 bits per heavy atom. The lowest BCUT2D eigenvalue weighted by Gasteiger charge is -2.29. The number of ether oxygens (including phenoxy) is 2. The summed E-state index contributed by atoms with van der Waals surface area (Å²) in [6, 6.07) is 7.18. The third-order valence-electron chi connectivity index (χ3n) is 5.04. The highest BCUT2D eigenvalue weighted by Gasteiger charge is 2.30. The normalized spacial score (nSPS) is 18.4. The first-order valence-corrected chi connectivity index (χ1v) is 9.15. The van der Waals surface area contributed by atoms with Crippen LogP contribution in [0.2, 0.25) is 0 Å². The molecule has 1 aromatic rings. The lowest BCUT2D eigenvalue weighted by molar-refractivity contribution is -0.145. The van der Waals surface area contributed by atoms with Gasteiger partial charge in [0.25, 0.3) is 5.91 Å². The maximum absolute atomic E-state index is 12.2. The van der Waals surface area contributed by atoms with Crippen LogP contribution >= 0.6 is 0 Å². The van der Waals surface area contributed by atoms with Gasteiger partial charge in [0.2, 0.25) is 5.91 Å². The molecule has 1 saturated heterocycles. The van der Waals surface area contributed by atoms with E-state index < -0.39 is 11.9 Å². The van der Waals surface area contributed by atoms with E-state index in [0.717, 1.165) is 0 Å². The van der Waals surface area contributed by atoms with Crippen molar-refractivity contribution in [2.45, 2.75) is 19.3 Å². The highest BCUT2D eigenvalue weighted by atomic mass is 16.5. The number of aliphatic carboxylic acids is 1. The van der Waals surface area contributed by atoms with Crippen LogP contribution in [0, 0.1) is 11.8 Å². The minimum atomic E-state index is -0.903. The van der Waals surface area contributed by atoms with Gasteiger partial charge in [-0.15, -0.1) is 0 Å². The van der Waals surface area contributed by atoms with Crippen molar-refractivity contribution in [2.75, 3.05) is 37.8 Å². The number of fused-ring (bicyclic) bond motifs is 1. The fourth-order valence-electron chi connectivity index (χ4n) is 3.50. The Morgan fingerprint density at radius 3 is 2.74 bits per heavy atom. The van der Waals surface area contributed by atoms with E-state index in [1.54, 1.807) is 18.2 Å². The first-order chi connectivity index (χ1) is 13.1. The van der Waals surface area contributed by atoms with Gasteiger partial charge in [0.15, 0.2) is 6.61 Å². The van der Waals surface area contributed by atoms with Gasteiger partial charge in [-0.25, -0.2) is 0 Å². The van der Waals surface area contributed by atoms with E-state index in [1.807, 2.05) is 6.07 Å². The Kier molecular flexibility index (Phi) is 6.28. The van der Waals surface area contributed by atoms with Crippen LogP contribution in [0.15, 0.2) is 24.3 Å². The topological polar surface area (TPSA) is 105 Å². The van der Waals surface area contributed by atoms with E-state index in [-0.39, 0.29) is 43.8 Å². The number of amides is 2. The van der Waals surface area contributed by atoms with Crippen LogP contribution in [-0.4, -0.2) is 55.8 Å². The van der Waals surface area contributed by atoms with Gasteiger partial charge in [-0.3, -0.25) is 14.4 Å². The fourth-order valence-corrected chi connectivity index (χ4v) is 3.50.